The van der Waals surface area contributed by atoms with Crippen molar-refractivity contribution in [3.05, 3.63) is 66.4 Å². The Morgan fingerprint density at radius 3 is 2.67 bits per heavy atom. The summed E-state index contributed by atoms with van der Waals surface area (Å²) >= 11 is 0. The Labute approximate surface area is 151 Å². The second-order valence-electron chi connectivity index (χ2n) is 5.87. The van der Waals surface area contributed by atoms with Gasteiger partial charge in [0.25, 0.3) is 5.78 Å². The maximum absolute atomic E-state index is 13.2. The molecular formula is C17H14F3N7. The van der Waals surface area contributed by atoms with E-state index in [4.69, 9.17) is 0 Å². The van der Waals surface area contributed by atoms with Crippen LogP contribution in [-0.2, 0) is 6.18 Å². The molecule has 0 radical (unpaired) electrons. The predicted molar refractivity (Wildman–Crippen MR) is 91.4 cm³/mol. The molecule has 0 aliphatic carbocycles. The lowest BCUT2D eigenvalue weighted by molar-refractivity contribution is -0.141. The van der Waals surface area contributed by atoms with Crippen LogP contribution in [0.3, 0.4) is 0 Å². The number of alkyl halides is 3. The largest absolute Gasteiger partial charge is 0.433 e. The SMILES string of the molecule is CC(Nc1cc(C(F)(F)F)nc2ncnn12)c1ccccc1-n1cccn1. The fourth-order valence-corrected chi connectivity index (χ4v) is 2.83. The van der Waals surface area contributed by atoms with E-state index in [1.807, 2.05) is 31.2 Å². The van der Waals surface area contributed by atoms with E-state index in [2.05, 4.69) is 25.5 Å². The van der Waals surface area contributed by atoms with E-state index >= 15 is 0 Å². The Hall–Kier alpha value is -3.43. The predicted octanol–water partition coefficient (Wildman–Crippen LogP) is 3.50. The second-order valence-corrected chi connectivity index (χ2v) is 5.87. The molecule has 4 rings (SSSR count). The van der Waals surface area contributed by atoms with Gasteiger partial charge in [-0.3, -0.25) is 0 Å². The number of fused-ring (bicyclic) bond motifs is 1. The minimum absolute atomic E-state index is 0.125. The number of anilines is 1. The molecule has 0 amide bonds. The number of rotatable bonds is 4. The molecule has 3 aromatic heterocycles. The standard InChI is InChI=1S/C17H14F3N7/c1-11(12-5-2-3-6-13(12)26-8-4-7-22-26)24-15-9-14(17(18,19)20)25-16-21-10-23-27(15)16/h2-11,24H,1H3. The van der Waals surface area contributed by atoms with Gasteiger partial charge in [0, 0.05) is 18.5 Å². The molecule has 3 heterocycles. The third-order valence-electron chi connectivity index (χ3n) is 4.06. The molecule has 0 saturated carbocycles. The van der Waals surface area contributed by atoms with Gasteiger partial charge in [0.1, 0.15) is 12.1 Å². The summed E-state index contributed by atoms with van der Waals surface area (Å²) in [5, 5.41) is 11.3. The van der Waals surface area contributed by atoms with Gasteiger partial charge in [-0.05, 0) is 24.6 Å². The highest BCUT2D eigenvalue weighted by molar-refractivity contribution is 5.50. The van der Waals surface area contributed by atoms with Gasteiger partial charge in [-0.25, -0.2) is 9.67 Å². The number of halogens is 3. The van der Waals surface area contributed by atoms with E-state index < -0.39 is 11.9 Å². The molecule has 27 heavy (non-hydrogen) atoms. The molecule has 1 aromatic carbocycles. The van der Waals surface area contributed by atoms with Crippen LogP contribution in [0.1, 0.15) is 24.2 Å². The van der Waals surface area contributed by atoms with Crippen molar-refractivity contribution in [1.29, 1.82) is 0 Å². The first-order valence-electron chi connectivity index (χ1n) is 8.07. The van der Waals surface area contributed by atoms with Crippen LogP contribution in [0.25, 0.3) is 11.5 Å². The van der Waals surface area contributed by atoms with Crippen LogP contribution >= 0.6 is 0 Å². The average molecular weight is 373 g/mol. The highest BCUT2D eigenvalue weighted by Crippen LogP contribution is 2.31. The normalized spacial score (nSPS) is 13.0. The fourth-order valence-electron chi connectivity index (χ4n) is 2.83. The number of nitrogens with one attached hydrogen (secondary N) is 1. The topological polar surface area (TPSA) is 72.9 Å². The zero-order valence-electron chi connectivity index (χ0n) is 14.1. The number of benzene rings is 1. The van der Waals surface area contributed by atoms with Crippen molar-refractivity contribution in [3.63, 3.8) is 0 Å². The van der Waals surface area contributed by atoms with Crippen molar-refractivity contribution in [3.8, 4) is 5.69 Å². The van der Waals surface area contributed by atoms with E-state index in [0.29, 0.717) is 0 Å². The molecule has 7 nitrogen and oxygen atoms in total. The van der Waals surface area contributed by atoms with Crippen LogP contribution in [0.2, 0.25) is 0 Å². The number of para-hydroxylation sites is 1. The summed E-state index contributed by atoms with van der Waals surface area (Å²) in [5.74, 6) is 0.0208. The van der Waals surface area contributed by atoms with Gasteiger partial charge in [0.15, 0.2) is 5.69 Å². The number of hydrogen-bond acceptors (Lipinski definition) is 5. The van der Waals surface area contributed by atoms with Gasteiger partial charge in [0.05, 0.1) is 11.7 Å². The minimum atomic E-state index is -4.58. The van der Waals surface area contributed by atoms with Crippen LogP contribution < -0.4 is 5.32 Å². The first-order valence-corrected chi connectivity index (χ1v) is 8.07. The van der Waals surface area contributed by atoms with Crippen LogP contribution in [0.15, 0.2) is 55.1 Å². The lowest BCUT2D eigenvalue weighted by atomic mass is 10.1. The highest BCUT2D eigenvalue weighted by Gasteiger charge is 2.34. The molecular weight excluding hydrogens is 359 g/mol. The quantitative estimate of drug-likeness (QED) is 0.593. The lowest BCUT2D eigenvalue weighted by Gasteiger charge is -2.20. The molecule has 0 saturated heterocycles. The van der Waals surface area contributed by atoms with Crippen LogP contribution in [0, 0.1) is 0 Å². The molecule has 0 fully saturated rings. The average Bonchev–Trinajstić information content (AvgIpc) is 3.32. The molecule has 10 heteroatoms. The van der Waals surface area contributed by atoms with E-state index in [-0.39, 0.29) is 17.6 Å². The van der Waals surface area contributed by atoms with Gasteiger partial charge in [-0.15, -0.1) is 0 Å². The second kappa shape index (κ2) is 6.38. The smallest absolute Gasteiger partial charge is 0.363 e. The van der Waals surface area contributed by atoms with Gasteiger partial charge in [-0.1, -0.05) is 18.2 Å². The van der Waals surface area contributed by atoms with Gasteiger partial charge in [0.2, 0.25) is 0 Å². The summed E-state index contributed by atoms with van der Waals surface area (Å²) in [4.78, 5) is 7.29. The van der Waals surface area contributed by atoms with Crippen molar-refractivity contribution < 1.29 is 13.2 Å². The first kappa shape index (κ1) is 17.0. The molecule has 4 aromatic rings. The van der Waals surface area contributed by atoms with Crippen molar-refractivity contribution in [1.82, 2.24) is 29.4 Å². The Balaban J connectivity index is 1.74. The summed E-state index contributed by atoms with van der Waals surface area (Å²) in [7, 11) is 0. The summed E-state index contributed by atoms with van der Waals surface area (Å²) in [6, 6.07) is 9.90. The zero-order chi connectivity index (χ0) is 19.0. The lowest BCUT2D eigenvalue weighted by Crippen LogP contribution is -2.16. The van der Waals surface area contributed by atoms with E-state index in [1.54, 1.807) is 23.1 Å². The fraction of sp³-hybridized carbons (Fsp3) is 0.176. The summed E-state index contributed by atoms with van der Waals surface area (Å²) < 4.78 is 42.4. The van der Waals surface area contributed by atoms with Gasteiger partial charge >= 0.3 is 6.18 Å². The maximum atomic E-state index is 13.2. The molecule has 1 unspecified atom stereocenters. The molecule has 0 bridgehead atoms. The van der Waals surface area contributed by atoms with Gasteiger partial charge < -0.3 is 5.32 Å². The number of aromatic nitrogens is 6. The summed E-state index contributed by atoms with van der Waals surface area (Å²) in [5.41, 5.74) is 0.653. The highest BCUT2D eigenvalue weighted by atomic mass is 19.4. The third-order valence-corrected chi connectivity index (χ3v) is 4.06. The first-order chi connectivity index (χ1) is 12.9. The monoisotopic (exact) mass is 373 g/mol. The Morgan fingerprint density at radius 1 is 1.11 bits per heavy atom. The molecule has 0 aliphatic heterocycles. The molecule has 1 N–H and O–H groups in total. The summed E-state index contributed by atoms with van der Waals surface area (Å²) in [6.07, 6.45) is 0.0397. The van der Waals surface area contributed by atoms with Crippen LogP contribution in [0.5, 0.6) is 0 Å². The minimum Gasteiger partial charge on any atom is -0.363 e. The molecule has 0 aliphatic rings. The Morgan fingerprint density at radius 2 is 1.93 bits per heavy atom. The Kier molecular flexibility index (Phi) is 4.02. The molecule has 0 spiro atoms. The van der Waals surface area contributed by atoms with Gasteiger partial charge in [-0.2, -0.15) is 32.9 Å². The number of hydrogen-bond donors (Lipinski definition) is 1. The maximum Gasteiger partial charge on any atom is 0.433 e. The summed E-state index contributed by atoms with van der Waals surface area (Å²) in [6.45, 7) is 1.85. The van der Waals surface area contributed by atoms with Crippen molar-refractivity contribution in [2.24, 2.45) is 0 Å². The van der Waals surface area contributed by atoms with Crippen LogP contribution in [-0.4, -0.2) is 29.4 Å². The van der Waals surface area contributed by atoms with Crippen molar-refractivity contribution in [2.75, 3.05) is 5.32 Å². The van der Waals surface area contributed by atoms with E-state index in [0.717, 1.165) is 23.6 Å². The van der Waals surface area contributed by atoms with Crippen molar-refractivity contribution in [2.45, 2.75) is 19.1 Å². The third kappa shape index (κ3) is 3.21. The number of nitrogens with zero attached hydrogens (tertiary/aromatic N) is 6. The molecule has 1 atom stereocenters. The molecule has 138 valence electrons. The zero-order valence-corrected chi connectivity index (χ0v) is 14.1. The van der Waals surface area contributed by atoms with E-state index in [9.17, 15) is 13.2 Å². The van der Waals surface area contributed by atoms with E-state index in [1.165, 1.54) is 4.52 Å². The van der Waals surface area contributed by atoms with Crippen molar-refractivity contribution >= 4 is 11.6 Å². The van der Waals surface area contributed by atoms with Crippen LogP contribution in [0.4, 0.5) is 19.0 Å². The Bertz CT molecular complexity index is 1070.